The molecule has 3 aromatic rings. The van der Waals surface area contributed by atoms with Crippen LogP contribution in [0.1, 0.15) is 24.1 Å². The summed E-state index contributed by atoms with van der Waals surface area (Å²) >= 11 is 0. The van der Waals surface area contributed by atoms with E-state index in [1.807, 2.05) is 43.3 Å². The summed E-state index contributed by atoms with van der Waals surface area (Å²) in [5.74, 6) is -0.693. The minimum absolute atomic E-state index is 0.172. The SMILES string of the molecule is C[C@H](NC(=O)C=Cc1cccnc1)c1cccc(-c2ccc(F)nc2)c1. The molecule has 2 aromatic heterocycles. The Balaban J connectivity index is 1.69. The normalized spacial score (nSPS) is 12.1. The zero-order valence-electron chi connectivity index (χ0n) is 14.3. The van der Waals surface area contributed by atoms with Gasteiger partial charge in [0.2, 0.25) is 11.9 Å². The van der Waals surface area contributed by atoms with E-state index in [0.717, 1.165) is 22.3 Å². The van der Waals surface area contributed by atoms with E-state index in [4.69, 9.17) is 0 Å². The fourth-order valence-corrected chi connectivity index (χ4v) is 2.53. The van der Waals surface area contributed by atoms with Crippen LogP contribution in [0.15, 0.2) is 73.2 Å². The van der Waals surface area contributed by atoms with E-state index < -0.39 is 5.95 Å². The Morgan fingerprint density at radius 3 is 2.73 bits per heavy atom. The number of halogens is 1. The van der Waals surface area contributed by atoms with Gasteiger partial charge in [0.05, 0.1) is 6.04 Å². The molecular weight excluding hydrogens is 329 g/mol. The highest BCUT2D eigenvalue weighted by molar-refractivity contribution is 5.91. The number of aromatic nitrogens is 2. The first-order chi connectivity index (χ1) is 12.6. The summed E-state index contributed by atoms with van der Waals surface area (Å²) in [5.41, 5.74) is 3.56. The molecule has 1 amide bonds. The largest absolute Gasteiger partial charge is 0.346 e. The summed E-state index contributed by atoms with van der Waals surface area (Å²) in [6, 6.07) is 14.3. The van der Waals surface area contributed by atoms with Gasteiger partial charge in [-0.3, -0.25) is 9.78 Å². The molecule has 5 heteroatoms. The average Bonchev–Trinajstić information content (AvgIpc) is 2.68. The van der Waals surface area contributed by atoms with Crippen molar-refractivity contribution in [3.8, 4) is 11.1 Å². The molecule has 2 heterocycles. The first kappa shape index (κ1) is 17.5. The van der Waals surface area contributed by atoms with Gasteiger partial charge in [-0.25, -0.2) is 4.98 Å². The van der Waals surface area contributed by atoms with E-state index in [1.54, 1.807) is 24.5 Å². The predicted octanol–water partition coefficient (Wildman–Crippen LogP) is 4.17. The van der Waals surface area contributed by atoms with Crippen LogP contribution < -0.4 is 5.32 Å². The highest BCUT2D eigenvalue weighted by Gasteiger charge is 2.09. The zero-order chi connectivity index (χ0) is 18.4. The molecular formula is C21H18FN3O. The molecule has 0 aliphatic carbocycles. The zero-order valence-corrected chi connectivity index (χ0v) is 14.3. The first-order valence-corrected chi connectivity index (χ1v) is 8.22. The van der Waals surface area contributed by atoms with Gasteiger partial charge in [0.1, 0.15) is 0 Å². The Bertz CT molecular complexity index is 908. The van der Waals surface area contributed by atoms with Crippen molar-refractivity contribution in [2.24, 2.45) is 0 Å². The van der Waals surface area contributed by atoms with Crippen molar-refractivity contribution in [1.82, 2.24) is 15.3 Å². The minimum Gasteiger partial charge on any atom is -0.346 e. The van der Waals surface area contributed by atoms with Crippen LogP contribution in [0.3, 0.4) is 0 Å². The molecule has 0 unspecified atom stereocenters. The molecule has 1 atom stereocenters. The second-order valence-corrected chi connectivity index (χ2v) is 5.85. The second kappa shape index (κ2) is 8.16. The van der Waals surface area contributed by atoms with Gasteiger partial charge in [0.25, 0.3) is 0 Å². The Kier molecular flexibility index (Phi) is 5.49. The van der Waals surface area contributed by atoms with Crippen molar-refractivity contribution in [2.75, 3.05) is 0 Å². The van der Waals surface area contributed by atoms with Gasteiger partial charge in [-0.1, -0.05) is 24.3 Å². The van der Waals surface area contributed by atoms with Gasteiger partial charge >= 0.3 is 0 Å². The van der Waals surface area contributed by atoms with Crippen LogP contribution >= 0.6 is 0 Å². The minimum atomic E-state index is -0.508. The summed E-state index contributed by atoms with van der Waals surface area (Å²) in [7, 11) is 0. The number of nitrogens with zero attached hydrogens (tertiary/aromatic N) is 2. The number of carbonyl (C=O) groups is 1. The Morgan fingerprint density at radius 1 is 1.12 bits per heavy atom. The van der Waals surface area contributed by atoms with Crippen LogP contribution in [0.5, 0.6) is 0 Å². The molecule has 0 saturated heterocycles. The quantitative estimate of drug-likeness (QED) is 0.557. The monoisotopic (exact) mass is 347 g/mol. The molecule has 0 spiro atoms. The Morgan fingerprint density at radius 2 is 2.00 bits per heavy atom. The molecule has 130 valence electrons. The number of pyridine rings is 2. The van der Waals surface area contributed by atoms with Crippen LogP contribution in [0.25, 0.3) is 17.2 Å². The molecule has 4 nitrogen and oxygen atoms in total. The summed E-state index contributed by atoms with van der Waals surface area (Å²) in [6.45, 7) is 1.91. The lowest BCUT2D eigenvalue weighted by molar-refractivity contribution is -0.117. The molecule has 0 aliphatic heterocycles. The van der Waals surface area contributed by atoms with Gasteiger partial charge in [-0.2, -0.15) is 4.39 Å². The molecule has 0 bridgehead atoms. The molecule has 0 fully saturated rings. The lowest BCUT2D eigenvalue weighted by Crippen LogP contribution is -2.24. The van der Waals surface area contributed by atoms with Gasteiger partial charge in [-0.15, -0.1) is 0 Å². The van der Waals surface area contributed by atoms with Crippen LogP contribution in [0, 0.1) is 5.95 Å². The van der Waals surface area contributed by atoms with Crippen LogP contribution in [0.2, 0.25) is 0 Å². The van der Waals surface area contributed by atoms with Crippen LogP contribution in [-0.2, 0) is 4.79 Å². The molecule has 0 radical (unpaired) electrons. The molecule has 26 heavy (non-hydrogen) atoms. The fourth-order valence-electron chi connectivity index (χ4n) is 2.53. The molecule has 0 aliphatic rings. The van der Waals surface area contributed by atoms with Crippen molar-refractivity contribution in [3.63, 3.8) is 0 Å². The number of rotatable bonds is 5. The average molecular weight is 347 g/mol. The van der Waals surface area contributed by atoms with Crippen molar-refractivity contribution in [1.29, 1.82) is 0 Å². The summed E-state index contributed by atoms with van der Waals surface area (Å²) < 4.78 is 13.0. The maximum absolute atomic E-state index is 13.0. The van der Waals surface area contributed by atoms with Gasteiger partial charge in [0.15, 0.2) is 0 Å². The molecule has 1 aromatic carbocycles. The van der Waals surface area contributed by atoms with Crippen molar-refractivity contribution in [2.45, 2.75) is 13.0 Å². The van der Waals surface area contributed by atoms with E-state index in [1.165, 1.54) is 18.3 Å². The number of hydrogen-bond acceptors (Lipinski definition) is 3. The van der Waals surface area contributed by atoms with Crippen molar-refractivity contribution < 1.29 is 9.18 Å². The highest BCUT2D eigenvalue weighted by atomic mass is 19.1. The Hall–Kier alpha value is -3.34. The number of carbonyl (C=O) groups excluding carboxylic acids is 1. The molecule has 3 rings (SSSR count). The lowest BCUT2D eigenvalue weighted by Gasteiger charge is -2.14. The molecule has 0 saturated carbocycles. The third kappa shape index (κ3) is 4.60. The number of benzene rings is 1. The van der Waals surface area contributed by atoms with Crippen molar-refractivity contribution in [3.05, 3.63) is 90.3 Å². The van der Waals surface area contributed by atoms with Crippen LogP contribution in [0.4, 0.5) is 4.39 Å². The number of hydrogen-bond donors (Lipinski definition) is 1. The summed E-state index contributed by atoms with van der Waals surface area (Å²) in [5, 5.41) is 2.93. The predicted molar refractivity (Wildman–Crippen MR) is 99.5 cm³/mol. The Labute approximate surface area is 151 Å². The van der Waals surface area contributed by atoms with Gasteiger partial charge < -0.3 is 5.32 Å². The first-order valence-electron chi connectivity index (χ1n) is 8.22. The number of nitrogens with one attached hydrogen (secondary N) is 1. The standard InChI is InChI=1S/C21H18FN3O/c1-15(25-21(26)10-7-16-4-3-11-23-13-16)17-5-2-6-18(12-17)19-8-9-20(22)24-14-19/h2-15H,1H3,(H,25,26)/t15-/m0/s1. The summed E-state index contributed by atoms with van der Waals surface area (Å²) in [6.07, 6.45) is 8.07. The topological polar surface area (TPSA) is 54.9 Å². The van der Waals surface area contributed by atoms with Gasteiger partial charge in [-0.05, 0) is 54.0 Å². The third-order valence-corrected chi connectivity index (χ3v) is 3.92. The molecule has 1 N–H and O–H groups in total. The van der Waals surface area contributed by atoms with Crippen molar-refractivity contribution >= 4 is 12.0 Å². The van der Waals surface area contributed by atoms with E-state index in [9.17, 15) is 9.18 Å². The van der Waals surface area contributed by atoms with E-state index in [-0.39, 0.29) is 11.9 Å². The van der Waals surface area contributed by atoms with E-state index in [2.05, 4.69) is 15.3 Å². The number of amides is 1. The fraction of sp³-hybridized carbons (Fsp3) is 0.0952. The van der Waals surface area contributed by atoms with Gasteiger partial charge in [0, 0.05) is 30.2 Å². The lowest BCUT2D eigenvalue weighted by atomic mass is 10.0. The maximum Gasteiger partial charge on any atom is 0.244 e. The smallest absolute Gasteiger partial charge is 0.244 e. The van der Waals surface area contributed by atoms with Crippen LogP contribution in [-0.4, -0.2) is 15.9 Å². The highest BCUT2D eigenvalue weighted by Crippen LogP contribution is 2.22. The second-order valence-electron chi connectivity index (χ2n) is 5.85. The third-order valence-electron chi connectivity index (χ3n) is 3.92. The van der Waals surface area contributed by atoms with E-state index in [0.29, 0.717) is 0 Å². The summed E-state index contributed by atoms with van der Waals surface area (Å²) in [4.78, 5) is 19.8. The van der Waals surface area contributed by atoms with E-state index >= 15 is 0 Å². The maximum atomic E-state index is 13.0.